The zero-order valence-corrected chi connectivity index (χ0v) is 15.0. The van der Waals surface area contributed by atoms with Crippen molar-refractivity contribution in [1.29, 1.82) is 0 Å². The van der Waals surface area contributed by atoms with Crippen LogP contribution in [0, 0.1) is 17.5 Å². The van der Waals surface area contributed by atoms with Crippen LogP contribution in [0.2, 0.25) is 0 Å². The predicted octanol–water partition coefficient (Wildman–Crippen LogP) is 3.73. The lowest BCUT2D eigenvalue weighted by Gasteiger charge is -2.32. The fourth-order valence-electron chi connectivity index (χ4n) is 2.62. The highest BCUT2D eigenvalue weighted by atomic mass is 19.1. The van der Waals surface area contributed by atoms with Crippen molar-refractivity contribution in [2.45, 2.75) is 38.9 Å². The van der Waals surface area contributed by atoms with Gasteiger partial charge in [0, 0.05) is 17.2 Å². The molecule has 0 aliphatic carbocycles. The first-order chi connectivity index (χ1) is 12.0. The maximum atomic E-state index is 14.0. The Bertz CT molecular complexity index is 843. The van der Waals surface area contributed by atoms with Crippen LogP contribution in [0.15, 0.2) is 30.3 Å². The number of nitrogen functional groups attached to an aromatic ring is 1. The molecule has 1 fully saturated rings. The Balaban J connectivity index is 2.02. The van der Waals surface area contributed by atoms with Crippen molar-refractivity contribution < 1.29 is 22.5 Å². The minimum absolute atomic E-state index is 0.00617. The molecule has 0 spiro atoms. The summed E-state index contributed by atoms with van der Waals surface area (Å²) in [6, 6.07) is 5.60. The highest BCUT2D eigenvalue weighted by molar-refractivity contribution is 6.64. The van der Waals surface area contributed by atoms with Crippen molar-refractivity contribution in [2.75, 3.05) is 11.1 Å². The monoisotopic (exact) mass is 364 g/mol. The number of anilines is 3. The molecule has 1 aliphatic rings. The fraction of sp³-hybridized carbons (Fsp3) is 0.333. The minimum Gasteiger partial charge on any atom is -0.399 e. The Morgan fingerprint density at radius 2 is 1.50 bits per heavy atom. The van der Waals surface area contributed by atoms with Gasteiger partial charge in [-0.2, -0.15) is 0 Å². The molecule has 0 aromatic heterocycles. The van der Waals surface area contributed by atoms with Crippen LogP contribution in [0.4, 0.5) is 30.2 Å². The van der Waals surface area contributed by atoms with Gasteiger partial charge in [-0.05, 0) is 52.0 Å². The molecule has 2 aromatic carbocycles. The first-order valence-corrected chi connectivity index (χ1v) is 8.17. The van der Waals surface area contributed by atoms with E-state index in [1.807, 2.05) is 27.7 Å². The van der Waals surface area contributed by atoms with Crippen molar-refractivity contribution >= 4 is 29.6 Å². The molecule has 0 radical (unpaired) electrons. The third-order valence-electron chi connectivity index (χ3n) is 4.88. The summed E-state index contributed by atoms with van der Waals surface area (Å²) in [7, 11) is -0.825. The molecular formula is C18H20BF3N2O2. The topological polar surface area (TPSA) is 56.5 Å². The van der Waals surface area contributed by atoms with Gasteiger partial charge in [-0.15, -0.1) is 0 Å². The lowest BCUT2D eigenvalue weighted by molar-refractivity contribution is 0.00578. The third kappa shape index (κ3) is 3.26. The Morgan fingerprint density at radius 3 is 2.08 bits per heavy atom. The number of hydrogen-bond donors (Lipinski definition) is 2. The van der Waals surface area contributed by atoms with Crippen LogP contribution in [-0.4, -0.2) is 18.3 Å². The van der Waals surface area contributed by atoms with Crippen LogP contribution in [0.5, 0.6) is 0 Å². The summed E-state index contributed by atoms with van der Waals surface area (Å²) in [5.74, 6) is -2.18. The van der Waals surface area contributed by atoms with E-state index in [1.165, 1.54) is 12.1 Å². The lowest BCUT2D eigenvalue weighted by Crippen LogP contribution is -2.41. The summed E-state index contributed by atoms with van der Waals surface area (Å²) in [6.45, 7) is 7.53. The number of nitrogens with two attached hydrogens (primary N) is 1. The molecule has 3 rings (SSSR count). The van der Waals surface area contributed by atoms with Crippen molar-refractivity contribution in [1.82, 2.24) is 0 Å². The zero-order valence-electron chi connectivity index (χ0n) is 15.0. The van der Waals surface area contributed by atoms with Crippen LogP contribution in [-0.2, 0) is 9.31 Å². The van der Waals surface area contributed by atoms with E-state index in [2.05, 4.69) is 5.32 Å². The number of hydrogen-bond acceptors (Lipinski definition) is 4. The van der Waals surface area contributed by atoms with Crippen LogP contribution in [0.25, 0.3) is 0 Å². The van der Waals surface area contributed by atoms with Crippen LogP contribution < -0.4 is 16.5 Å². The fourth-order valence-corrected chi connectivity index (χ4v) is 2.62. The van der Waals surface area contributed by atoms with Gasteiger partial charge in [0.2, 0.25) is 0 Å². The molecule has 3 N–H and O–H groups in total. The molecule has 0 amide bonds. The van der Waals surface area contributed by atoms with E-state index in [0.717, 1.165) is 18.2 Å². The van der Waals surface area contributed by atoms with Crippen LogP contribution in [0.1, 0.15) is 27.7 Å². The van der Waals surface area contributed by atoms with Crippen molar-refractivity contribution in [3.8, 4) is 0 Å². The van der Waals surface area contributed by atoms with Crippen molar-refractivity contribution in [3.05, 3.63) is 47.8 Å². The minimum atomic E-state index is -0.825. The van der Waals surface area contributed by atoms with Gasteiger partial charge in [0.25, 0.3) is 0 Å². The van der Waals surface area contributed by atoms with Gasteiger partial charge in [-0.1, -0.05) is 0 Å². The summed E-state index contributed by atoms with van der Waals surface area (Å²) < 4.78 is 53.1. The van der Waals surface area contributed by atoms with Crippen LogP contribution >= 0.6 is 0 Å². The molecule has 1 aliphatic heterocycles. The molecule has 1 saturated heterocycles. The van der Waals surface area contributed by atoms with E-state index in [9.17, 15) is 13.2 Å². The van der Waals surface area contributed by atoms with Gasteiger partial charge >= 0.3 is 7.12 Å². The predicted molar refractivity (Wildman–Crippen MR) is 96.2 cm³/mol. The van der Waals surface area contributed by atoms with Crippen molar-refractivity contribution in [2.24, 2.45) is 0 Å². The van der Waals surface area contributed by atoms with Crippen LogP contribution in [0.3, 0.4) is 0 Å². The largest absolute Gasteiger partial charge is 0.497 e. The van der Waals surface area contributed by atoms with Crippen molar-refractivity contribution in [3.63, 3.8) is 0 Å². The van der Waals surface area contributed by atoms with E-state index in [-0.39, 0.29) is 17.1 Å². The average Bonchev–Trinajstić information content (AvgIpc) is 2.73. The quantitative estimate of drug-likeness (QED) is 0.644. The normalized spacial score (nSPS) is 18.2. The first kappa shape index (κ1) is 18.6. The van der Waals surface area contributed by atoms with Gasteiger partial charge in [0.15, 0.2) is 0 Å². The number of halogens is 3. The molecule has 26 heavy (non-hydrogen) atoms. The molecule has 4 nitrogen and oxygen atoms in total. The molecule has 138 valence electrons. The Morgan fingerprint density at radius 1 is 0.885 bits per heavy atom. The molecule has 0 unspecified atom stereocenters. The van der Waals surface area contributed by atoms with E-state index in [4.69, 9.17) is 15.0 Å². The van der Waals surface area contributed by atoms with Gasteiger partial charge in [-0.25, -0.2) is 13.2 Å². The molecule has 8 heteroatoms. The standard InChI is InChI=1S/C18H20BF3N2O2/c1-17(2)18(3,4)26-19(25-17)11-8-14(23)12(21)9-16(11)24-15-6-5-10(20)7-13(15)22/h5-9,24H,23H2,1-4H3. The summed E-state index contributed by atoms with van der Waals surface area (Å²) in [4.78, 5) is 0. The SMILES string of the molecule is CC1(C)OB(c2cc(N)c(F)cc2Nc2ccc(F)cc2F)OC1(C)C. The maximum absolute atomic E-state index is 14.0. The summed E-state index contributed by atoms with van der Waals surface area (Å²) in [6.07, 6.45) is 0. The van der Waals surface area contributed by atoms with E-state index < -0.39 is 35.8 Å². The average molecular weight is 364 g/mol. The van der Waals surface area contributed by atoms with E-state index in [1.54, 1.807) is 0 Å². The second kappa shape index (κ2) is 6.21. The molecular weight excluding hydrogens is 344 g/mol. The Labute approximate surface area is 150 Å². The summed E-state index contributed by atoms with van der Waals surface area (Å²) in [5, 5.41) is 2.77. The Hall–Kier alpha value is -2.19. The maximum Gasteiger partial charge on any atom is 0.497 e. The summed E-state index contributed by atoms with van der Waals surface area (Å²) >= 11 is 0. The van der Waals surface area contributed by atoms with Gasteiger partial charge < -0.3 is 20.4 Å². The summed E-state index contributed by atoms with van der Waals surface area (Å²) in [5.41, 5.74) is 5.03. The smallest absolute Gasteiger partial charge is 0.399 e. The van der Waals surface area contributed by atoms with Gasteiger partial charge in [-0.3, -0.25) is 0 Å². The second-order valence-corrected chi connectivity index (χ2v) is 7.30. The highest BCUT2D eigenvalue weighted by Gasteiger charge is 2.52. The molecule has 0 atom stereocenters. The first-order valence-electron chi connectivity index (χ1n) is 8.17. The number of benzene rings is 2. The lowest BCUT2D eigenvalue weighted by atomic mass is 9.77. The van der Waals surface area contributed by atoms with E-state index >= 15 is 0 Å². The molecule has 2 aromatic rings. The van der Waals surface area contributed by atoms with Gasteiger partial charge in [0.1, 0.15) is 17.5 Å². The number of nitrogens with one attached hydrogen (secondary N) is 1. The highest BCUT2D eigenvalue weighted by Crippen LogP contribution is 2.37. The third-order valence-corrected chi connectivity index (χ3v) is 4.88. The molecule has 0 bridgehead atoms. The zero-order chi connectivity index (χ0) is 19.3. The number of rotatable bonds is 3. The van der Waals surface area contributed by atoms with Gasteiger partial charge in [0.05, 0.1) is 22.6 Å². The molecule has 1 heterocycles. The second-order valence-electron chi connectivity index (χ2n) is 7.30. The van der Waals surface area contributed by atoms with E-state index in [0.29, 0.717) is 5.46 Å². The molecule has 0 saturated carbocycles. The Kier molecular flexibility index (Phi) is 4.44.